The van der Waals surface area contributed by atoms with Gasteiger partial charge in [-0.3, -0.25) is 9.59 Å². The number of benzene rings is 2. The molecule has 2 aromatic rings. The average Bonchev–Trinajstić information content (AvgIpc) is 2.99. The van der Waals surface area contributed by atoms with Gasteiger partial charge in [-0.05, 0) is 67.5 Å². The zero-order chi connectivity index (χ0) is 22.4. The molecule has 4 nitrogen and oxygen atoms in total. The van der Waals surface area contributed by atoms with Crippen LogP contribution < -0.4 is 10.6 Å². The maximum atomic E-state index is 13.6. The lowest BCUT2D eigenvalue weighted by molar-refractivity contribution is -0.125. The van der Waals surface area contributed by atoms with Crippen molar-refractivity contribution in [1.82, 2.24) is 5.32 Å². The van der Waals surface area contributed by atoms with Gasteiger partial charge in [0.05, 0.1) is 5.41 Å². The highest BCUT2D eigenvalue weighted by Crippen LogP contribution is 2.49. The summed E-state index contributed by atoms with van der Waals surface area (Å²) >= 11 is 12.5. The van der Waals surface area contributed by atoms with Crippen LogP contribution in [0.5, 0.6) is 0 Å². The van der Waals surface area contributed by atoms with E-state index in [0.29, 0.717) is 35.9 Å². The minimum absolute atomic E-state index is 0.0106. The van der Waals surface area contributed by atoms with Crippen molar-refractivity contribution in [3.8, 4) is 0 Å². The van der Waals surface area contributed by atoms with E-state index in [9.17, 15) is 9.59 Å². The third kappa shape index (κ3) is 5.24. The number of halogens is 2. The number of carbonyl (C=O) groups is 2. The Morgan fingerprint density at radius 1 is 1.10 bits per heavy atom. The van der Waals surface area contributed by atoms with Crippen LogP contribution in [0.2, 0.25) is 10.0 Å². The highest BCUT2D eigenvalue weighted by atomic mass is 35.5. The Balaban J connectivity index is 2.07. The number of unbranched alkanes of at least 4 members (excludes halogenated alkanes) is 1. The second-order valence-corrected chi connectivity index (χ2v) is 9.13. The Morgan fingerprint density at radius 2 is 1.87 bits per heavy atom. The summed E-state index contributed by atoms with van der Waals surface area (Å²) in [6.07, 6.45) is 4.45. The first-order valence-corrected chi connectivity index (χ1v) is 11.8. The molecule has 0 saturated heterocycles. The molecule has 3 rings (SSSR count). The minimum Gasteiger partial charge on any atom is -0.356 e. The third-order valence-corrected chi connectivity index (χ3v) is 6.65. The fourth-order valence-electron chi connectivity index (χ4n) is 4.74. The summed E-state index contributed by atoms with van der Waals surface area (Å²) in [4.78, 5) is 25.9. The molecule has 0 bridgehead atoms. The molecule has 1 aliphatic heterocycles. The molecule has 2 atom stereocenters. The van der Waals surface area contributed by atoms with E-state index in [1.165, 1.54) is 0 Å². The molecule has 0 spiro atoms. The van der Waals surface area contributed by atoms with Crippen LogP contribution in [-0.2, 0) is 21.4 Å². The molecule has 1 heterocycles. The molecular weight excluding hydrogens is 431 g/mol. The van der Waals surface area contributed by atoms with Crippen LogP contribution in [0, 0.1) is 5.92 Å². The molecule has 166 valence electrons. The SMILES string of the molecule is CCCCC(CCC(=O)NCC)C1(Cc2cccc(Cl)c2)C(=O)Nc2cc(Cl)ccc21. The van der Waals surface area contributed by atoms with Crippen molar-refractivity contribution >= 4 is 40.7 Å². The number of hydrogen-bond donors (Lipinski definition) is 2. The summed E-state index contributed by atoms with van der Waals surface area (Å²) in [7, 11) is 0. The Morgan fingerprint density at radius 3 is 2.58 bits per heavy atom. The van der Waals surface area contributed by atoms with Gasteiger partial charge < -0.3 is 10.6 Å². The van der Waals surface area contributed by atoms with E-state index in [2.05, 4.69) is 17.6 Å². The number of amides is 2. The fraction of sp³-hybridized carbons (Fsp3) is 0.440. The first-order chi connectivity index (χ1) is 14.9. The lowest BCUT2D eigenvalue weighted by atomic mass is 9.64. The van der Waals surface area contributed by atoms with E-state index < -0.39 is 5.41 Å². The maximum Gasteiger partial charge on any atom is 0.235 e. The summed E-state index contributed by atoms with van der Waals surface area (Å²) in [5.41, 5.74) is 1.95. The van der Waals surface area contributed by atoms with Gasteiger partial charge in [0.1, 0.15) is 0 Å². The van der Waals surface area contributed by atoms with E-state index in [1.54, 1.807) is 0 Å². The van der Waals surface area contributed by atoms with Crippen molar-refractivity contribution in [3.05, 3.63) is 63.6 Å². The van der Waals surface area contributed by atoms with Gasteiger partial charge in [-0.15, -0.1) is 0 Å². The van der Waals surface area contributed by atoms with Crippen molar-refractivity contribution in [1.29, 1.82) is 0 Å². The first kappa shape index (κ1) is 23.6. The van der Waals surface area contributed by atoms with E-state index in [4.69, 9.17) is 23.2 Å². The van der Waals surface area contributed by atoms with Crippen molar-refractivity contribution in [2.75, 3.05) is 11.9 Å². The Hall–Kier alpha value is -2.04. The lowest BCUT2D eigenvalue weighted by Gasteiger charge is -2.37. The topological polar surface area (TPSA) is 58.2 Å². The van der Waals surface area contributed by atoms with Crippen LogP contribution in [-0.4, -0.2) is 18.4 Å². The standard InChI is InChI=1S/C25H30Cl2N2O2/c1-3-5-8-18(10-13-23(30)28-4-2)25(16-17-7-6-9-19(26)14-17)21-12-11-20(27)15-22(21)29-24(25)31/h6-7,9,11-12,14-15,18H,3-5,8,10,13,16H2,1-2H3,(H,28,30)(H,29,31). The van der Waals surface area contributed by atoms with Gasteiger partial charge in [-0.1, -0.05) is 61.2 Å². The molecule has 0 aliphatic carbocycles. The molecule has 0 radical (unpaired) electrons. The van der Waals surface area contributed by atoms with Crippen molar-refractivity contribution in [2.45, 2.75) is 57.8 Å². The van der Waals surface area contributed by atoms with Crippen molar-refractivity contribution < 1.29 is 9.59 Å². The Kier molecular flexibility index (Phi) is 8.01. The van der Waals surface area contributed by atoms with Crippen molar-refractivity contribution in [2.24, 2.45) is 5.92 Å². The van der Waals surface area contributed by atoms with Gasteiger partial charge in [-0.25, -0.2) is 0 Å². The van der Waals surface area contributed by atoms with Crippen LogP contribution in [0.3, 0.4) is 0 Å². The largest absolute Gasteiger partial charge is 0.356 e. The second kappa shape index (κ2) is 10.5. The fourth-order valence-corrected chi connectivity index (χ4v) is 5.12. The smallest absolute Gasteiger partial charge is 0.235 e. The highest BCUT2D eigenvalue weighted by Gasteiger charge is 2.51. The number of fused-ring (bicyclic) bond motifs is 1. The average molecular weight is 461 g/mol. The van der Waals surface area contributed by atoms with E-state index in [1.807, 2.05) is 49.4 Å². The van der Waals surface area contributed by atoms with Crippen LogP contribution in [0.15, 0.2) is 42.5 Å². The normalized spacial score (nSPS) is 18.4. The predicted octanol–water partition coefficient (Wildman–Crippen LogP) is 6.15. The van der Waals surface area contributed by atoms with E-state index >= 15 is 0 Å². The molecule has 0 fully saturated rings. The highest BCUT2D eigenvalue weighted by molar-refractivity contribution is 6.31. The quantitative estimate of drug-likeness (QED) is 0.446. The second-order valence-electron chi connectivity index (χ2n) is 8.25. The van der Waals surface area contributed by atoms with Crippen LogP contribution in [0.1, 0.15) is 57.1 Å². The summed E-state index contributed by atoms with van der Waals surface area (Å²) in [5.74, 6) is 0.00912. The van der Waals surface area contributed by atoms with Gasteiger partial charge in [0.15, 0.2) is 0 Å². The van der Waals surface area contributed by atoms with Gasteiger partial charge >= 0.3 is 0 Å². The van der Waals surface area contributed by atoms with Crippen LogP contribution in [0.25, 0.3) is 0 Å². The molecule has 31 heavy (non-hydrogen) atoms. The zero-order valence-corrected chi connectivity index (χ0v) is 19.7. The van der Waals surface area contributed by atoms with Gasteiger partial charge in [0, 0.05) is 28.7 Å². The molecule has 0 saturated carbocycles. The Labute approximate surface area is 194 Å². The van der Waals surface area contributed by atoms with Crippen LogP contribution >= 0.6 is 23.2 Å². The van der Waals surface area contributed by atoms with Gasteiger partial charge in [0.2, 0.25) is 11.8 Å². The maximum absolute atomic E-state index is 13.6. The predicted molar refractivity (Wildman–Crippen MR) is 128 cm³/mol. The summed E-state index contributed by atoms with van der Waals surface area (Å²) < 4.78 is 0. The molecule has 0 aromatic heterocycles. The molecule has 2 unspecified atom stereocenters. The lowest BCUT2D eigenvalue weighted by Crippen LogP contribution is -2.44. The molecular formula is C25H30Cl2N2O2. The summed E-state index contributed by atoms with van der Waals surface area (Å²) in [5, 5.41) is 7.19. The number of nitrogens with one attached hydrogen (secondary N) is 2. The van der Waals surface area contributed by atoms with E-state index in [0.717, 1.165) is 36.1 Å². The zero-order valence-electron chi connectivity index (χ0n) is 18.1. The number of rotatable bonds is 10. The molecule has 6 heteroatoms. The summed E-state index contributed by atoms with van der Waals surface area (Å²) in [6.45, 7) is 4.67. The number of anilines is 1. The first-order valence-electron chi connectivity index (χ1n) is 11.0. The van der Waals surface area contributed by atoms with Gasteiger partial charge in [0.25, 0.3) is 0 Å². The number of hydrogen-bond acceptors (Lipinski definition) is 2. The van der Waals surface area contributed by atoms with Crippen LogP contribution in [0.4, 0.5) is 5.69 Å². The molecule has 2 aromatic carbocycles. The van der Waals surface area contributed by atoms with E-state index in [-0.39, 0.29) is 17.7 Å². The molecule has 1 aliphatic rings. The molecule has 2 amide bonds. The third-order valence-electron chi connectivity index (χ3n) is 6.18. The molecule has 2 N–H and O–H groups in total. The summed E-state index contributed by atoms with van der Waals surface area (Å²) in [6, 6.07) is 13.3. The number of carbonyl (C=O) groups excluding carboxylic acids is 2. The Bertz CT molecular complexity index is 947. The van der Waals surface area contributed by atoms with Gasteiger partial charge in [-0.2, -0.15) is 0 Å². The monoisotopic (exact) mass is 460 g/mol. The minimum atomic E-state index is -0.772. The van der Waals surface area contributed by atoms with Crippen molar-refractivity contribution in [3.63, 3.8) is 0 Å².